The lowest BCUT2D eigenvalue weighted by Gasteiger charge is -2.27. The molecule has 0 bridgehead atoms. The summed E-state index contributed by atoms with van der Waals surface area (Å²) >= 11 is 0. The number of amides is 1. The monoisotopic (exact) mass is 214 g/mol. The summed E-state index contributed by atoms with van der Waals surface area (Å²) in [7, 11) is 0. The van der Waals surface area contributed by atoms with E-state index in [1.165, 1.54) is 0 Å². The molecular formula is C12H26N2O. The van der Waals surface area contributed by atoms with Gasteiger partial charge >= 0.3 is 0 Å². The Balaban J connectivity index is 3.62. The Bertz CT molecular complexity index is 185. The molecule has 0 rings (SSSR count). The highest BCUT2D eigenvalue weighted by Gasteiger charge is 2.19. The van der Waals surface area contributed by atoms with Gasteiger partial charge in [0.2, 0.25) is 5.91 Å². The largest absolute Gasteiger partial charge is 0.355 e. The minimum atomic E-state index is 0.0968. The number of hydrogen-bond donors (Lipinski definition) is 2. The molecule has 0 saturated carbocycles. The van der Waals surface area contributed by atoms with Crippen LogP contribution in [0.2, 0.25) is 0 Å². The van der Waals surface area contributed by atoms with E-state index in [2.05, 4.69) is 45.3 Å². The summed E-state index contributed by atoms with van der Waals surface area (Å²) in [6.07, 6.45) is 1.06. The Morgan fingerprint density at radius 2 is 1.93 bits per heavy atom. The quantitative estimate of drug-likeness (QED) is 0.662. The van der Waals surface area contributed by atoms with Crippen molar-refractivity contribution in [2.24, 2.45) is 11.3 Å². The Hall–Kier alpha value is -0.570. The molecule has 0 spiro atoms. The highest BCUT2D eigenvalue weighted by atomic mass is 16.1. The number of rotatable bonds is 6. The molecule has 0 aliphatic carbocycles. The molecule has 15 heavy (non-hydrogen) atoms. The molecule has 0 aromatic heterocycles. The molecule has 0 aliphatic heterocycles. The molecule has 0 aromatic rings. The zero-order valence-corrected chi connectivity index (χ0v) is 10.8. The summed E-state index contributed by atoms with van der Waals surface area (Å²) in [4.78, 5) is 11.4. The highest BCUT2D eigenvalue weighted by Crippen LogP contribution is 2.24. The van der Waals surface area contributed by atoms with Gasteiger partial charge < -0.3 is 10.6 Å². The van der Waals surface area contributed by atoms with Crippen molar-refractivity contribution in [3.63, 3.8) is 0 Å². The zero-order chi connectivity index (χ0) is 11.9. The molecule has 0 radical (unpaired) electrons. The summed E-state index contributed by atoms with van der Waals surface area (Å²) in [5.74, 6) is 0.590. The van der Waals surface area contributed by atoms with Crippen molar-refractivity contribution in [3.05, 3.63) is 0 Å². The van der Waals surface area contributed by atoms with Crippen LogP contribution in [0.5, 0.6) is 0 Å². The van der Waals surface area contributed by atoms with E-state index in [-0.39, 0.29) is 11.3 Å². The van der Waals surface area contributed by atoms with Gasteiger partial charge in [0.05, 0.1) is 6.54 Å². The maximum absolute atomic E-state index is 11.4. The van der Waals surface area contributed by atoms with Crippen LogP contribution in [0.15, 0.2) is 0 Å². The first-order chi connectivity index (χ1) is 6.88. The van der Waals surface area contributed by atoms with Crippen LogP contribution in [-0.2, 0) is 4.79 Å². The molecule has 2 N–H and O–H groups in total. The minimum absolute atomic E-state index is 0.0968. The van der Waals surface area contributed by atoms with E-state index in [1.54, 1.807) is 0 Å². The lowest BCUT2D eigenvalue weighted by atomic mass is 9.82. The molecule has 3 nitrogen and oxygen atoms in total. The third kappa shape index (κ3) is 7.37. The normalized spacial score (nSPS) is 13.7. The van der Waals surface area contributed by atoms with Crippen molar-refractivity contribution < 1.29 is 4.79 Å². The van der Waals surface area contributed by atoms with Gasteiger partial charge in [-0.3, -0.25) is 4.79 Å². The van der Waals surface area contributed by atoms with Gasteiger partial charge in [-0.25, -0.2) is 0 Å². The highest BCUT2D eigenvalue weighted by molar-refractivity contribution is 5.77. The van der Waals surface area contributed by atoms with Crippen LogP contribution in [0.3, 0.4) is 0 Å². The predicted octanol–water partition coefficient (Wildman–Crippen LogP) is 1.78. The van der Waals surface area contributed by atoms with Crippen LogP contribution in [0.25, 0.3) is 0 Å². The van der Waals surface area contributed by atoms with Crippen LogP contribution < -0.4 is 10.6 Å². The third-order valence-corrected chi connectivity index (χ3v) is 2.80. The second-order valence-electron chi connectivity index (χ2n) is 5.25. The van der Waals surface area contributed by atoms with Gasteiger partial charge in [0.1, 0.15) is 0 Å². The summed E-state index contributed by atoms with van der Waals surface area (Å²) in [5, 5.41) is 6.03. The maximum Gasteiger partial charge on any atom is 0.233 e. The Morgan fingerprint density at radius 3 is 2.40 bits per heavy atom. The molecule has 0 fully saturated rings. The van der Waals surface area contributed by atoms with E-state index in [1.807, 2.05) is 0 Å². The molecular weight excluding hydrogens is 188 g/mol. The van der Waals surface area contributed by atoms with E-state index in [9.17, 15) is 4.79 Å². The zero-order valence-electron chi connectivity index (χ0n) is 10.8. The van der Waals surface area contributed by atoms with Crippen LogP contribution in [-0.4, -0.2) is 25.5 Å². The van der Waals surface area contributed by atoms with Gasteiger partial charge in [0.15, 0.2) is 0 Å². The van der Waals surface area contributed by atoms with E-state index < -0.39 is 0 Å². The topological polar surface area (TPSA) is 41.1 Å². The average molecular weight is 214 g/mol. The van der Waals surface area contributed by atoms with E-state index in [0.717, 1.165) is 19.5 Å². The fraction of sp³-hybridized carbons (Fsp3) is 0.917. The fourth-order valence-corrected chi connectivity index (χ4v) is 1.01. The van der Waals surface area contributed by atoms with Crippen molar-refractivity contribution in [1.82, 2.24) is 10.6 Å². The molecule has 0 aromatic carbocycles. The third-order valence-electron chi connectivity index (χ3n) is 2.80. The van der Waals surface area contributed by atoms with Crippen molar-refractivity contribution in [2.45, 2.75) is 41.0 Å². The second-order valence-corrected chi connectivity index (χ2v) is 5.25. The fourth-order valence-electron chi connectivity index (χ4n) is 1.01. The smallest absolute Gasteiger partial charge is 0.233 e. The first-order valence-corrected chi connectivity index (χ1v) is 5.85. The van der Waals surface area contributed by atoms with Crippen LogP contribution in [0.4, 0.5) is 0 Å². The summed E-state index contributed by atoms with van der Waals surface area (Å²) in [5.41, 5.74) is 0.254. The van der Waals surface area contributed by atoms with Crippen molar-refractivity contribution in [3.8, 4) is 0 Å². The van der Waals surface area contributed by atoms with Crippen molar-refractivity contribution >= 4 is 5.91 Å². The molecule has 90 valence electrons. The standard InChI is InChI=1S/C12H26N2O/c1-6-7-13-9-11(15)14-8-10(2)12(3,4)5/h10,13H,6-9H2,1-5H3,(H,14,15). The first kappa shape index (κ1) is 14.4. The van der Waals surface area contributed by atoms with Gasteiger partial charge in [-0.2, -0.15) is 0 Å². The van der Waals surface area contributed by atoms with Gasteiger partial charge in [0, 0.05) is 6.54 Å². The minimum Gasteiger partial charge on any atom is -0.355 e. The summed E-state index contributed by atoms with van der Waals surface area (Å²) in [6.45, 7) is 12.9. The lowest BCUT2D eigenvalue weighted by molar-refractivity contribution is -0.120. The Labute approximate surface area is 94.0 Å². The molecule has 1 amide bonds. The van der Waals surface area contributed by atoms with E-state index in [4.69, 9.17) is 0 Å². The molecule has 0 heterocycles. The van der Waals surface area contributed by atoms with Gasteiger partial charge in [-0.1, -0.05) is 34.6 Å². The van der Waals surface area contributed by atoms with Gasteiger partial charge in [-0.15, -0.1) is 0 Å². The molecule has 0 aliphatic rings. The SMILES string of the molecule is CCCNCC(=O)NCC(C)C(C)(C)C. The number of carbonyl (C=O) groups is 1. The summed E-state index contributed by atoms with van der Waals surface area (Å²) < 4.78 is 0. The number of nitrogens with one attached hydrogen (secondary N) is 2. The molecule has 0 saturated heterocycles. The Kier molecular flexibility index (Phi) is 6.57. The predicted molar refractivity (Wildman–Crippen MR) is 64.8 cm³/mol. The average Bonchev–Trinajstić information content (AvgIpc) is 2.13. The van der Waals surface area contributed by atoms with Crippen LogP contribution in [0, 0.1) is 11.3 Å². The molecule has 1 atom stereocenters. The van der Waals surface area contributed by atoms with Crippen LogP contribution in [0.1, 0.15) is 41.0 Å². The van der Waals surface area contributed by atoms with E-state index in [0.29, 0.717) is 12.5 Å². The van der Waals surface area contributed by atoms with Crippen molar-refractivity contribution in [2.75, 3.05) is 19.6 Å². The Morgan fingerprint density at radius 1 is 1.33 bits per heavy atom. The maximum atomic E-state index is 11.4. The van der Waals surface area contributed by atoms with E-state index >= 15 is 0 Å². The number of carbonyl (C=O) groups excluding carboxylic acids is 1. The number of hydrogen-bond acceptors (Lipinski definition) is 2. The van der Waals surface area contributed by atoms with Gasteiger partial charge in [-0.05, 0) is 24.3 Å². The van der Waals surface area contributed by atoms with Crippen molar-refractivity contribution in [1.29, 1.82) is 0 Å². The first-order valence-electron chi connectivity index (χ1n) is 5.85. The van der Waals surface area contributed by atoms with Gasteiger partial charge in [0.25, 0.3) is 0 Å². The molecule has 1 unspecified atom stereocenters. The van der Waals surface area contributed by atoms with Crippen LogP contribution >= 0.6 is 0 Å². The molecule has 3 heteroatoms. The second kappa shape index (κ2) is 6.83. The lowest BCUT2D eigenvalue weighted by Crippen LogP contribution is -2.38. The summed E-state index contributed by atoms with van der Waals surface area (Å²) in [6, 6.07) is 0.